The van der Waals surface area contributed by atoms with Gasteiger partial charge in [0.05, 0.1) is 22.4 Å². The van der Waals surface area contributed by atoms with Crippen LogP contribution in [0.2, 0.25) is 10.0 Å². The van der Waals surface area contributed by atoms with Crippen molar-refractivity contribution in [1.29, 1.82) is 0 Å². The van der Waals surface area contributed by atoms with Crippen LogP contribution in [0.1, 0.15) is 16.2 Å². The number of ketones is 1. The second-order valence-electron chi connectivity index (χ2n) is 2.82. The lowest BCUT2D eigenvalue weighted by atomic mass is 10.2. The van der Waals surface area contributed by atoms with Crippen molar-refractivity contribution < 1.29 is 4.79 Å². The third kappa shape index (κ3) is 2.15. The van der Waals surface area contributed by atoms with E-state index in [1.807, 2.05) is 0 Å². The molecule has 2 rings (SSSR count). The number of aromatic nitrogens is 4. The molecular weight excluding hydrogens is 251 g/mol. The summed E-state index contributed by atoms with van der Waals surface area (Å²) in [5.41, 5.74) is 0.107. The second-order valence-corrected chi connectivity index (χ2v) is 3.66. The van der Waals surface area contributed by atoms with Gasteiger partial charge in [-0.25, -0.2) is 0 Å². The van der Waals surface area contributed by atoms with Crippen molar-refractivity contribution in [3.05, 3.63) is 46.0 Å². The zero-order chi connectivity index (χ0) is 11.5. The van der Waals surface area contributed by atoms with E-state index in [-0.39, 0.29) is 16.4 Å². The molecule has 80 valence electrons. The molecule has 2 heterocycles. The quantitative estimate of drug-likeness (QED) is 0.765. The maximum atomic E-state index is 11.9. The molecule has 0 atom stereocenters. The minimum Gasteiger partial charge on any atom is -0.285 e. The van der Waals surface area contributed by atoms with Crippen molar-refractivity contribution in [2.75, 3.05) is 0 Å². The van der Waals surface area contributed by atoms with E-state index in [1.54, 1.807) is 0 Å². The van der Waals surface area contributed by atoms with Gasteiger partial charge in [0.2, 0.25) is 5.78 Å². The monoisotopic (exact) mass is 254 g/mol. The van der Waals surface area contributed by atoms with Crippen LogP contribution in [0.5, 0.6) is 0 Å². The SMILES string of the molecule is O=C(c1cc(Cl)cnn1)c1nnccc1Cl. The Hall–Kier alpha value is -1.59. The number of hydrogen-bond donors (Lipinski definition) is 0. The number of carbonyl (C=O) groups excluding carboxylic acids is 1. The maximum Gasteiger partial charge on any atom is 0.235 e. The highest BCUT2D eigenvalue weighted by Gasteiger charge is 2.16. The number of rotatable bonds is 2. The summed E-state index contributed by atoms with van der Waals surface area (Å²) >= 11 is 11.5. The van der Waals surface area contributed by atoms with Gasteiger partial charge in [-0.1, -0.05) is 23.2 Å². The highest BCUT2D eigenvalue weighted by Crippen LogP contribution is 2.16. The van der Waals surface area contributed by atoms with E-state index >= 15 is 0 Å². The van der Waals surface area contributed by atoms with Crippen molar-refractivity contribution >= 4 is 29.0 Å². The van der Waals surface area contributed by atoms with Gasteiger partial charge in [0.25, 0.3) is 0 Å². The molecule has 0 aliphatic rings. The topological polar surface area (TPSA) is 68.6 Å². The Kier molecular flexibility index (Phi) is 3.07. The van der Waals surface area contributed by atoms with Crippen LogP contribution in [0.3, 0.4) is 0 Å². The van der Waals surface area contributed by atoms with E-state index in [4.69, 9.17) is 23.2 Å². The van der Waals surface area contributed by atoms with Gasteiger partial charge in [-0.2, -0.15) is 10.2 Å². The fourth-order valence-corrected chi connectivity index (χ4v) is 1.37. The molecule has 0 aromatic carbocycles. The lowest BCUT2D eigenvalue weighted by molar-refractivity contribution is 0.102. The summed E-state index contributed by atoms with van der Waals surface area (Å²) in [4.78, 5) is 11.9. The summed E-state index contributed by atoms with van der Waals surface area (Å²) in [5, 5.41) is 15.0. The van der Waals surface area contributed by atoms with Crippen LogP contribution < -0.4 is 0 Å². The minimum absolute atomic E-state index is 0.0285. The highest BCUT2D eigenvalue weighted by molar-refractivity contribution is 6.34. The summed E-state index contributed by atoms with van der Waals surface area (Å²) in [6, 6.07) is 2.86. The van der Waals surface area contributed by atoms with Gasteiger partial charge < -0.3 is 0 Å². The lowest BCUT2D eigenvalue weighted by Gasteiger charge is -1.99. The van der Waals surface area contributed by atoms with Crippen LogP contribution in [-0.2, 0) is 0 Å². The summed E-state index contributed by atoms with van der Waals surface area (Å²) in [5.74, 6) is -0.465. The Morgan fingerprint density at radius 2 is 2.00 bits per heavy atom. The number of hydrogen-bond acceptors (Lipinski definition) is 5. The van der Waals surface area contributed by atoms with Gasteiger partial charge in [0.1, 0.15) is 5.69 Å². The Bertz CT molecular complexity index is 547. The van der Waals surface area contributed by atoms with Crippen LogP contribution in [0.25, 0.3) is 0 Å². The van der Waals surface area contributed by atoms with Crippen LogP contribution in [0.4, 0.5) is 0 Å². The average Bonchev–Trinajstić information content (AvgIpc) is 2.29. The predicted octanol–water partition coefficient (Wildman–Crippen LogP) is 1.80. The number of carbonyl (C=O) groups is 1. The van der Waals surface area contributed by atoms with Crippen LogP contribution in [0.15, 0.2) is 24.5 Å². The van der Waals surface area contributed by atoms with E-state index in [0.717, 1.165) is 0 Å². The van der Waals surface area contributed by atoms with Crippen LogP contribution >= 0.6 is 23.2 Å². The molecule has 0 spiro atoms. The summed E-state index contributed by atoms with van der Waals surface area (Å²) < 4.78 is 0. The third-order valence-electron chi connectivity index (χ3n) is 1.74. The Balaban J connectivity index is 2.44. The highest BCUT2D eigenvalue weighted by atomic mass is 35.5. The van der Waals surface area contributed by atoms with E-state index in [1.165, 1.54) is 24.5 Å². The molecule has 2 aromatic heterocycles. The van der Waals surface area contributed by atoms with E-state index in [9.17, 15) is 4.79 Å². The summed E-state index contributed by atoms with van der Waals surface area (Å²) in [6.45, 7) is 0. The first kappa shape index (κ1) is 10.9. The molecule has 2 aromatic rings. The first-order valence-corrected chi connectivity index (χ1v) is 4.94. The molecule has 0 aliphatic carbocycles. The fourth-order valence-electron chi connectivity index (χ4n) is 1.05. The van der Waals surface area contributed by atoms with Gasteiger partial charge in [-0.15, -0.1) is 10.2 Å². The van der Waals surface area contributed by atoms with Gasteiger partial charge in [0.15, 0.2) is 5.69 Å². The van der Waals surface area contributed by atoms with E-state index in [0.29, 0.717) is 5.02 Å². The molecule has 16 heavy (non-hydrogen) atoms. The summed E-state index contributed by atoms with van der Waals surface area (Å²) in [7, 11) is 0. The lowest BCUT2D eigenvalue weighted by Crippen LogP contribution is -2.08. The van der Waals surface area contributed by atoms with Crippen molar-refractivity contribution in [3.63, 3.8) is 0 Å². The number of nitrogens with zero attached hydrogens (tertiary/aromatic N) is 4. The molecule has 0 amide bonds. The molecule has 5 nitrogen and oxygen atoms in total. The smallest absolute Gasteiger partial charge is 0.235 e. The van der Waals surface area contributed by atoms with Crippen molar-refractivity contribution in [2.45, 2.75) is 0 Å². The van der Waals surface area contributed by atoms with Gasteiger partial charge in [-0.05, 0) is 12.1 Å². The maximum absolute atomic E-state index is 11.9. The van der Waals surface area contributed by atoms with Crippen molar-refractivity contribution in [2.24, 2.45) is 0 Å². The first-order chi connectivity index (χ1) is 7.68. The molecule has 7 heteroatoms. The standard InChI is InChI=1S/C9H4Cl2N4O/c10-5-3-7(14-13-4-5)9(16)8-6(11)1-2-12-15-8/h1-4H. The molecule has 0 fully saturated rings. The second kappa shape index (κ2) is 4.51. The molecule has 0 bridgehead atoms. The van der Waals surface area contributed by atoms with Gasteiger partial charge in [0, 0.05) is 0 Å². The Labute approximate surface area is 100 Å². The zero-order valence-corrected chi connectivity index (χ0v) is 9.27. The molecule has 0 aliphatic heterocycles. The summed E-state index contributed by atoms with van der Waals surface area (Å²) in [6.07, 6.45) is 2.72. The number of halogens is 2. The van der Waals surface area contributed by atoms with Gasteiger partial charge in [-0.3, -0.25) is 4.79 Å². The molecule has 0 saturated carbocycles. The first-order valence-electron chi connectivity index (χ1n) is 4.18. The molecule has 0 N–H and O–H groups in total. The Morgan fingerprint density at radius 3 is 2.69 bits per heavy atom. The average molecular weight is 255 g/mol. The largest absolute Gasteiger partial charge is 0.285 e. The van der Waals surface area contributed by atoms with E-state index < -0.39 is 5.78 Å². The fraction of sp³-hybridized carbons (Fsp3) is 0. The molecule has 0 saturated heterocycles. The van der Waals surface area contributed by atoms with Gasteiger partial charge >= 0.3 is 0 Å². The van der Waals surface area contributed by atoms with Crippen LogP contribution in [-0.4, -0.2) is 26.2 Å². The Morgan fingerprint density at radius 1 is 1.19 bits per heavy atom. The van der Waals surface area contributed by atoms with Crippen molar-refractivity contribution in [1.82, 2.24) is 20.4 Å². The molecule has 0 radical (unpaired) electrons. The normalized spacial score (nSPS) is 10.1. The third-order valence-corrected chi connectivity index (χ3v) is 2.25. The van der Waals surface area contributed by atoms with E-state index in [2.05, 4.69) is 20.4 Å². The minimum atomic E-state index is -0.465. The zero-order valence-electron chi connectivity index (χ0n) is 7.76. The van der Waals surface area contributed by atoms with Crippen molar-refractivity contribution in [3.8, 4) is 0 Å². The molecular formula is C9H4Cl2N4O. The molecule has 0 unspecified atom stereocenters. The predicted molar refractivity (Wildman–Crippen MR) is 57.5 cm³/mol. The van der Waals surface area contributed by atoms with Crippen LogP contribution in [0, 0.1) is 0 Å².